The molecule has 27 heavy (non-hydrogen) atoms. The van der Waals surface area contributed by atoms with Crippen molar-refractivity contribution in [1.82, 2.24) is 20.8 Å². The molecule has 0 fully saturated rings. The molecule has 0 spiro atoms. The van der Waals surface area contributed by atoms with Gasteiger partial charge in [0.05, 0.1) is 22.3 Å². The number of nitrogens with one attached hydrogen (secondary N) is 2. The van der Waals surface area contributed by atoms with Gasteiger partial charge in [0, 0.05) is 18.7 Å². The van der Waals surface area contributed by atoms with Crippen LogP contribution in [0.3, 0.4) is 0 Å². The quantitative estimate of drug-likeness (QED) is 0.697. The molecule has 3 heterocycles. The number of aryl methyl sites for hydroxylation is 2. The molecule has 1 aliphatic rings. The first-order chi connectivity index (χ1) is 13.1. The van der Waals surface area contributed by atoms with Crippen LogP contribution in [0.2, 0.25) is 0 Å². The molecule has 1 amide bonds. The Morgan fingerprint density at radius 1 is 1.26 bits per heavy atom. The number of carbonyl (C=O) groups excluding carboxylic acids is 1. The van der Waals surface area contributed by atoms with Gasteiger partial charge in [-0.1, -0.05) is 46.6 Å². The number of aromatic nitrogens is 2. The summed E-state index contributed by atoms with van der Waals surface area (Å²) in [6.45, 7) is 6.21. The molecule has 2 aromatic heterocycles. The van der Waals surface area contributed by atoms with E-state index in [1.807, 2.05) is 44.2 Å². The third-order valence-electron chi connectivity index (χ3n) is 4.84. The topological polar surface area (TPSA) is 80.0 Å². The van der Waals surface area contributed by atoms with E-state index in [0.29, 0.717) is 34.6 Å². The Labute approximate surface area is 157 Å². The lowest BCUT2D eigenvalue weighted by molar-refractivity contribution is 0.0958. The van der Waals surface area contributed by atoms with Crippen molar-refractivity contribution in [3.05, 3.63) is 58.8 Å². The van der Waals surface area contributed by atoms with Crippen molar-refractivity contribution in [2.45, 2.75) is 20.3 Å². The summed E-state index contributed by atoms with van der Waals surface area (Å²) in [6, 6.07) is 9.86. The van der Waals surface area contributed by atoms with Gasteiger partial charge in [-0.05, 0) is 32.9 Å². The SMILES string of the molecule is Cc1ccc(-c2cc(C(=O)NCC3=CCNCC3)c3c(C)noc3n2)cc1. The second kappa shape index (κ2) is 7.32. The lowest BCUT2D eigenvalue weighted by atomic mass is 10.0. The Morgan fingerprint density at radius 2 is 2.07 bits per heavy atom. The molecule has 0 unspecified atom stereocenters. The lowest BCUT2D eigenvalue weighted by Gasteiger charge is -2.15. The molecule has 4 rings (SSSR count). The van der Waals surface area contributed by atoms with E-state index in [2.05, 4.69) is 26.9 Å². The van der Waals surface area contributed by atoms with Gasteiger partial charge in [0.25, 0.3) is 11.6 Å². The van der Waals surface area contributed by atoms with E-state index < -0.39 is 0 Å². The van der Waals surface area contributed by atoms with E-state index in [4.69, 9.17) is 4.52 Å². The number of hydrogen-bond acceptors (Lipinski definition) is 5. The highest BCUT2D eigenvalue weighted by molar-refractivity contribution is 6.07. The number of rotatable bonds is 4. The maximum Gasteiger partial charge on any atom is 0.259 e. The van der Waals surface area contributed by atoms with Crippen LogP contribution in [0, 0.1) is 13.8 Å². The van der Waals surface area contributed by atoms with Gasteiger partial charge in [0.15, 0.2) is 0 Å². The maximum atomic E-state index is 12.9. The molecule has 0 radical (unpaired) electrons. The standard InChI is InChI=1S/C21H22N4O2/c1-13-3-5-16(6-4-13)18-11-17(19-14(2)25-27-21(19)24-18)20(26)23-12-15-7-9-22-10-8-15/h3-7,11,22H,8-10,12H2,1-2H3,(H,23,26). The summed E-state index contributed by atoms with van der Waals surface area (Å²) in [5, 5.41) is 11.0. The Hall–Kier alpha value is -2.99. The van der Waals surface area contributed by atoms with Crippen molar-refractivity contribution in [1.29, 1.82) is 0 Å². The van der Waals surface area contributed by atoms with Gasteiger partial charge in [0.2, 0.25) is 0 Å². The van der Waals surface area contributed by atoms with Crippen molar-refractivity contribution < 1.29 is 9.32 Å². The van der Waals surface area contributed by atoms with Crippen LogP contribution in [0.5, 0.6) is 0 Å². The van der Waals surface area contributed by atoms with E-state index in [-0.39, 0.29) is 5.91 Å². The number of amides is 1. The summed E-state index contributed by atoms with van der Waals surface area (Å²) in [7, 11) is 0. The number of benzene rings is 1. The Morgan fingerprint density at radius 3 is 2.81 bits per heavy atom. The van der Waals surface area contributed by atoms with Crippen molar-refractivity contribution >= 4 is 17.0 Å². The predicted molar refractivity (Wildman–Crippen MR) is 105 cm³/mol. The number of pyridine rings is 1. The van der Waals surface area contributed by atoms with Crippen molar-refractivity contribution in [2.24, 2.45) is 0 Å². The van der Waals surface area contributed by atoms with Crippen molar-refractivity contribution in [3.63, 3.8) is 0 Å². The van der Waals surface area contributed by atoms with Crippen LogP contribution in [0.4, 0.5) is 0 Å². The van der Waals surface area contributed by atoms with E-state index >= 15 is 0 Å². The number of nitrogens with zero attached hydrogens (tertiary/aromatic N) is 2. The Balaban J connectivity index is 1.69. The van der Waals surface area contributed by atoms with Crippen LogP contribution in [0.1, 0.15) is 28.0 Å². The zero-order valence-electron chi connectivity index (χ0n) is 15.5. The predicted octanol–water partition coefficient (Wildman–Crippen LogP) is 3.16. The highest BCUT2D eigenvalue weighted by atomic mass is 16.5. The summed E-state index contributed by atoms with van der Waals surface area (Å²) in [6.07, 6.45) is 3.08. The van der Waals surface area contributed by atoms with Gasteiger partial charge in [-0.2, -0.15) is 0 Å². The normalized spacial score (nSPS) is 14.2. The zero-order chi connectivity index (χ0) is 18.8. The number of fused-ring (bicyclic) bond motifs is 1. The molecule has 3 aromatic rings. The van der Waals surface area contributed by atoms with Gasteiger partial charge in [-0.15, -0.1) is 0 Å². The highest BCUT2D eigenvalue weighted by Gasteiger charge is 2.19. The summed E-state index contributed by atoms with van der Waals surface area (Å²) < 4.78 is 5.36. The summed E-state index contributed by atoms with van der Waals surface area (Å²) >= 11 is 0. The van der Waals surface area contributed by atoms with E-state index in [1.165, 1.54) is 11.1 Å². The molecule has 6 heteroatoms. The highest BCUT2D eigenvalue weighted by Crippen LogP contribution is 2.27. The van der Waals surface area contributed by atoms with Crippen LogP contribution >= 0.6 is 0 Å². The molecule has 0 saturated heterocycles. The minimum Gasteiger partial charge on any atom is -0.348 e. The van der Waals surface area contributed by atoms with Gasteiger partial charge in [0.1, 0.15) is 0 Å². The van der Waals surface area contributed by atoms with Crippen molar-refractivity contribution in [2.75, 3.05) is 19.6 Å². The molecule has 6 nitrogen and oxygen atoms in total. The Kier molecular flexibility index (Phi) is 4.73. The molecule has 0 saturated carbocycles. The van der Waals surface area contributed by atoms with E-state index in [1.54, 1.807) is 0 Å². The fourth-order valence-corrected chi connectivity index (χ4v) is 3.27. The lowest BCUT2D eigenvalue weighted by Crippen LogP contribution is -2.29. The minimum absolute atomic E-state index is 0.138. The van der Waals surface area contributed by atoms with Crippen LogP contribution in [0.25, 0.3) is 22.4 Å². The number of hydrogen-bond donors (Lipinski definition) is 2. The third kappa shape index (κ3) is 3.61. The van der Waals surface area contributed by atoms with Gasteiger partial charge >= 0.3 is 0 Å². The Bertz CT molecular complexity index is 1020. The number of carbonyl (C=O) groups is 1. The monoisotopic (exact) mass is 362 g/mol. The molecule has 1 aliphatic heterocycles. The molecule has 0 atom stereocenters. The summed E-state index contributed by atoms with van der Waals surface area (Å²) in [5.74, 6) is -0.138. The smallest absolute Gasteiger partial charge is 0.259 e. The maximum absolute atomic E-state index is 12.9. The first-order valence-corrected chi connectivity index (χ1v) is 9.13. The minimum atomic E-state index is -0.138. The molecular weight excluding hydrogens is 340 g/mol. The van der Waals surface area contributed by atoms with E-state index in [0.717, 1.165) is 25.1 Å². The van der Waals surface area contributed by atoms with Gasteiger partial charge in [-0.3, -0.25) is 4.79 Å². The molecular formula is C21H22N4O2. The largest absolute Gasteiger partial charge is 0.348 e. The second-order valence-corrected chi connectivity index (χ2v) is 6.87. The zero-order valence-corrected chi connectivity index (χ0v) is 15.5. The fourth-order valence-electron chi connectivity index (χ4n) is 3.27. The molecule has 2 N–H and O–H groups in total. The molecule has 0 aliphatic carbocycles. The average molecular weight is 362 g/mol. The van der Waals surface area contributed by atoms with Crippen molar-refractivity contribution in [3.8, 4) is 11.3 Å². The summed E-state index contributed by atoms with van der Waals surface area (Å²) in [5.41, 5.74) is 5.65. The van der Waals surface area contributed by atoms with Crippen LogP contribution in [-0.2, 0) is 0 Å². The van der Waals surface area contributed by atoms with Gasteiger partial charge in [-0.25, -0.2) is 4.98 Å². The average Bonchev–Trinajstić information content (AvgIpc) is 3.08. The van der Waals surface area contributed by atoms with E-state index in [9.17, 15) is 4.79 Å². The summed E-state index contributed by atoms with van der Waals surface area (Å²) in [4.78, 5) is 17.5. The third-order valence-corrected chi connectivity index (χ3v) is 4.84. The second-order valence-electron chi connectivity index (χ2n) is 6.87. The fraction of sp³-hybridized carbons (Fsp3) is 0.286. The van der Waals surface area contributed by atoms with Crippen LogP contribution < -0.4 is 10.6 Å². The first kappa shape index (κ1) is 17.4. The van der Waals surface area contributed by atoms with Gasteiger partial charge < -0.3 is 15.2 Å². The van der Waals surface area contributed by atoms with Crippen LogP contribution in [-0.4, -0.2) is 35.7 Å². The molecule has 1 aromatic carbocycles. The first-order valence-electron chi connectivity index (χ1n) is 9.13. The molecule has 138 valence electrons. The van der Waals surface area contributed by atoms with Crippen LogP contribution in [0.15, 0.2) is 46.5 Å². The molecule has 0 bridgehead atoms.